The van der Waals surface area contributed by atoms with Gasteiger partial charge in [-0.3, -0.25) is 15.0 Å². The van der Waals surface area contributed by atoms with Crippen molar-refractivity contribution in [1.29, 1.82) is 0 Å². The molecule has 6 nitrogen and oxygen atoms in total. The molecule has 2 aromatic rings. The summed E-state index contributed by atoms with van der Waals surface area (Å²) in [6, 6.07) is 6.80. The number of aromatic amines is 1. The van der Waals surface area contributed by atoms with Crippen molar-refractivity contribution in [3.8, 4) is 0 Å². The van der Waals surface area contributed by atoms with E-state index < -0.39 is 0 Å². The SMILES string of the molecule is Cc1cc(N2CCO[C@H]3CN(Cc4cc(C)[nH]n4)C[C@@H]32)ccn1. The van der Waals surface area contributed by atoms with Crippen LogP contribution in [0, 0.1) is 13.8 Å². The van der Waals surface area contributed by atoms with E-state index in [0.29, 0.717) is 6.04 Å². The van der Waals surface area contributed by atoms with Crippen molar-refractivity contribution < 1.29 is 4.74 Å². The number of anilines is 1. The zero-order chi connectivity index (χ0) is 15.8. The molecule has 0 bridgehead atoms. The maximum Gasteiger partial charge on any atom is 0.0918 e. The highest BCUT2D eigenvalue weighted by atomic mass is 16.5. The van der Waals surface area contributed by atoms with Gasteiger partial charge in [0.1, 0.15) is 0 Å². The summed E-state index contributed by atoms with van der Waals surface area (Å²) in [5.74, 6) is 0. The lowest BCUT2D eigenvalue weighted by Crippen LogP contribution is -2.51. The van der Waals surface area contributed by atoms with Crippen molar-refractivity contribution in [2.75, 3.05) is 31.1 Å². The quantitative estimate of drug-likeness (QED) is 0.931. The molecule has 0 aliphatic carbocycles. The predicted octanol–water partition coefficient (Wildman–Crippen LogP) is 1.51. The summed E-state index contributed by atoms with van der Waals surface area (Å²) in [6.45, 7) is 8.68. The highest BCUT2D eigenvalue weighted by Crippen LogP contribution is 2.28. The molecule has 0 unspecified atom stereocenters. The fourth-order valence-electron chi connectivity index (χ4n) is 3.71. The lowest BCUT2D eigenvalue weighted by molar-refractivity contribution is 0.0306. The van der Waals surface area contributed by atoms with Gasteiger partial charge in [0.15, 0.2) is 0 Å². The van der Waals surface area contributed by atoms with E-state index >= 15 is 0 Å². The molecule has 0 aromatic carbocycles. The minimum atomic E-state index is 0.275. The number of H-pyrrole nitrogens is 1. The summed E-state index contributed by atoms with van der Waals surface area (Å²) >= 11 is 0. The average Bonchev–Trinajstić information content (AvgIpc) is 3.12. The third-order valence-electron chi connectivity index (χ3n) is 4.73. The van der Waals surface area contributed by atoms with Crippen LogP contribution in [-0.4, -0.2) is 58.5 Å². The first kappa shape index (κ1) is 14.7. The number of likely N-dealkylation sites (tertiary alicyclic amines) is 1. The molecule has 0 radical (unpaired) electrons. The molecule has 2 aliphatic heterocycles. The van der Waals surface area contributed by atoms with Crippen molar-refractivity contribution in [1.82, 2.24) is 20.1 Å². The Morgan fingerprint density at radius 3 is 3.00 bits per heavy atom. The molecule has 2 aromatic heterocycles. The van der Waals surface area contributed by atoms with E-state index in [4.69, 9.17) is 4.74 Å². The Labute approximate surface area is 136 Å². The second-order valence-corrected chi connectivity index (χ2v) is 6.56. The average molecular weight is 313 g/mol. The van der Waals surface area contributed by atoms with Crippen LogP contribution >= 0.6 is 0 Å². The Balaban J connectivity index is 1.50. The van der Waals surface area contributed by atoms with Gasteiger partial charge >= 0.3 is 0 Å². The largest absolute Gasteiger partial charge is 0.373 e. The number of morpholine rings is 1. The van der Waals surface area contributed by atoms with Crippen LogP contribution in [0.25, 0.3) is 0 Å². The van der Waals surface area contributed by atoms with Crippen molar-refractivity contribution in [3.63, 3.8) is 0 Å². The van der Waals surface area contributed by atoms with Crippen LogP contribution in [0.5, 0.6) is 0 Å². The normalized spacial score (nSPS) is 24.9. The fraction of sp³-hybridized carbons (Fsp3) is 0.529. The maximum atomic E-state index is 6.03. The zero-order valence-electron chi connectivity index (χ0n) is 13.7. The molecule has 2 saturated heterocycles. The highest BCUT2D eigenvalue weighted by molar-refractivity contribution is 5.48. The van der Waals surface area contributed by atoms with Crippen molar-refractivity contribution in [3.05, 3.63) is 41.5 Å². The lowest BCUT2D eigenvalue weighted by atomic mass is 10.1. The van der Waals surface area contributed by atoms with Gasteiger partial charge in [-0.15, -0.1) is 0 Å². The molecular weight excluding hydrogens is 290 g/mol. The minimum Gasteiger partial charge on any atom is -0.373 e. The summed E-state index contributed by atoms with van der Waals surface area (Å²) in [4.78, 5) is 9.24. The van der Waals surface area contributed by atoms with E-state index in [1.165, 1.54) is 5.69 Å². The van der Waals surface area contributed by atoms with Gasteiger partial charge in [0, 0.05) is 49.5 Å². The first-order chi connectivity index (χ1) is 11.2. The van der Waals surface area contributed by atoms with E-state index in [1.807, 2.05) is 20.0 Å². The van der Waals surface area contributed by atoms with Crippen LogP contribution < -0.4 is 4.90 Å². The van der Waals surface area contributed by atoms with Gasteiger partial charge in [0.05, 0.1) is 24.4 Å². The van der Waals surface area contributed by atoms with E-state index in [2.05, 4.69) is 43.2 Å². The molecule has 4 rings (SSSR count). The standard InChI is InChI=1S/C17H23N5O/c1-12-8-15(3-4-18-12)22-5-6-23-17-11-21(10-16(17)22)9-14-7-13(2)19-20-14/h3-4,7-8,16-17H,5-6,9-11H2,1-2H3,(H,19,20)/t16-,17-/m0/s1. The second kappa shape index (κ2) is 5.94. The maximum absolute atomic E-state index is 6.03. The summed E-state index contributed by atoms with van der Waals surface area (Å²) in [5, 5.41) is 7.38. The molecule has 6 heteroatoms. The van der Waals surface area contributed by atoms with Crippen molar-refractivity contribution >= 4 is 5.69 Å². The molecule has 122 valence electrons. The van der Waals surface area contributed by atoms with Crippen LogP contribution in [-0.2, 0) is 11.3 Å². The molecule has 2 atom stereocenters. The molecule has 2 aliphatic rings. The van der Waals surface area contributed by atoms with Gasteiger partial charge in [-0.25, -0.2) is 0 Å². The van der Waals surface area contributed by atoms with Gasteiger partial charge in [0.2, 0.25) is 0 Å². The summed E-state index contributed by atoms with van der Waals surface area (Å²) in [6.07, 6.45) is 2.17. The van der Waals surface area contributed by atoms with E-state index in [1.54, 1.807) is 0 Å². The Hall–Kier alpha value is -1.92. The molecule has 2 fully saturated rings. The number of hydrogen-bond acceptors (Lipinski definition) is 5. The lowest BCUT2D eigenvalue weighted by Gasteiger charge is -2.38. The molecular formula is C17H23N5O. The van der Waals surface area contributed by atoms with Crippen LogP contribution in [0.1, 0.15) is 17.1 Å². The van der Waals surface area contributed by atoms with Crippen molar-refractivity contribution in [2.24, 2.45) is 0 Å². The molecule has 0 spiro atoms. The first-order valence-electron chi connectivity index (χ1n) is 8.23. The smallest absolute Gasteiger partial charge is 0.0918 e. The van der Waals surface area contributed by atoms with Crippen LogP contribution in [0.2, 0.25) is 0 Å². The Morgan fingerprint density at radius 2 is 2.22 bits per heavy atom. The highest BCUT2D eigenvalue weighted by Gasteiger charge is 2.40. The van der Waals surface area contributed by atoms with Crippen LogP contribution in [0.4, 0.5) is 5.69 Å². The van der Waals surface area contributed by atoms with Gasteiger partial charge < -0.3 is 9.64 Å². The number of nitrogens with one attached hydrogen (secondary N) is 1. The molecule has 4 heterocycles. The molecule has 23 heavy (non-hydrogen) atoms. The second-order valence-electron chi connectivity index (χ2n) is 6.56. The van der Waals surface area contributed by atoms with Crippen LogP contribution in [0.15, 0.2) is 24.4 Å². The zero-order valence-corrected chi connectivity index (χ0v) is 13.7. The Morgan fingerprint density at radius 1 is 1.30 bits per heavy atom. The number of rotatable bonds is 3. The summed E-state index contributed by atoms with van der Waals surface area (Å²) in [5.41, 5.74) is 4.54. The van der Waals surface area contributed by atoms with Gasteiger partial charge in [-0.2, -0.15) is 5.10 Å². The van der Waals surface area contributed by atoms with E-state index in [9.17, 15) is 0 Å². The number of aryl methyl sites for hydroxylation is 2. The van der Waals surface area contributed by atoms with Gasteiger partial charge in [-0.1, -0.05) is 0 Å². The number of aromatic nitrogens is 3. The Kier molecular flexibility index (Phi) is 3.79. The first-order valence-corrected chi connectivity index (χ1v) is 8.23. The third-order valence-corrected chi connectivity index (χ3v) is 4.73. The fourth-order valence-corrected chi connectivity index (χ4v) is 3.71. The summed E-state index contributed by atoms with van der Waals surface area (Å²) < 4.78 is 6.03. The minimum absolute atomic E-state index is 0.275. The van der Waals surface area contributed by atoms with E-state index in [0.717, 1.165) is 49.9 Å². The molecule has 0 saturated carbocycles. The molecule has 1 N–H and O–H groups in total. The van der Waals surface area contributed by atoms with Gasteiger partial charge in [0.25, 0.3) is 0 Å². The van der Waals surface area contributed by atoms with E-state index in [-0.39, 0.29) is 6.10 Å². The molecule has 0 amide bonds. The number of ether oxygens (including phenoxy) is 1. The summed E-state index contributed by atoms with van der Waals surface area (Å²) in [7, 11) is 0. The van der Waals surface area contributed by atoms with Crippen LogP contribution in [0.3, 0.4) is 0 Å². The van der Waals surface area contributed by atoms with Gasteiger partial charge in [-0.05, 0) is 32.0 Å². The number of fused-ring (bicyclic) bond motifs is 1. The monoisotopic (exact) mass is 313 g/mol. The number of nitrogens with zero attached hydrogens (tertiary/aromatic N) is 4. The predicted molar refractivity (Wildman–Crippen MR) is 88.4 cm³/mol. The van der Waals surface area contributed by atoms with Crippen molar-refractivity contribution in [2.45, 2.75) is 32.5 Å². The topological polar surface area (TPSA) is 57.3 Å². The number of pyridine rings is 1. The Bertz CT molecular complexity index is 685. The third kappa shape index (κ3) is 2.96. The number of hydrogen-bond donors (Lipinski definition) is 1.